The van der Waals surface area contributed by atoms with Gasteiger partial charge in [0.25, 0.3) is 5.91 Å². The molecule has 1 aromatic rings. The van der Waals surface area contributed by atoms with Gasteiger partial charge in [0, 0.05) is 12.1 Å². The third-order valence-electron chi connectivity index (χ3n) is 3.63. The number of nitrogens with one attached hydrogen (secondary N) is 2. The summed E-state index contributed by atoms with van der Waals surface area (Å²) in [5, 5.41) is 4.67. The smallest absolute Gasteiger partial charge is 0.338 e. The molecule has 0 spiro atoms. The van der Waals surface area contributed by atoms with E-state index in [1.165, 1.54) is 0 Å². The van der Waals surface area contributed by atoms with Gasteiger partial charge in [0.1, 0.15) is 12.4 Å². The van der Waals surface area contributed by atoms with Crippen LogP contribution in [0.25, 0.3) is 0 Å². The molecular formula is C19H26N2O6. The number of imide groups is 1. The van der Waals surface area contributed by atoms with E-state index >= 15 is 0 Å². The molecule has 3 amide bonds. The molecule has 8 heteroatoms. The first-order chi connectivity index (χ1) is 12.7. The maximum Gasteiger partial charge on any atom is 0.338 e. The van der Waals surface area contributed by atoms with Gasteiger partial charge >= 0.3 is 12.0 Å². The highest BCUT2D eigenvalue weighted by atomic mass is 16.5. The molecule has 0 radical (unpaired) electrons. The second-order valence-electron chi connectivity index (χ2n) is 7.30. The minimum absolute atomic E-state index is 0.114. The summed E-state index contributed by atoms with van der Waals surface area (Å²) in [4.78, 5) is 35.2. The lowest BCUT2D eigenvalue weighted by Crippen LogP contribution is -2.49. The van der Waals surface area contributed by atoms with Crippen molar-refractivity contribution in [1.82, 2.24) is 10.6 Å². The van der Waals surface area contributed by atoms with Crippen LogP contribution in [-0.2, 0) is 14.3 Å². The second-order valence-corrected chi connectivity index (χ2v) is 7.30. The summed E-state index contributed by atoms with van der Waals surface area (Å²) in [5.74, 6) is -0.743. The van der Waals surface area contributed by atoms with Crippen molar-refractivity contribution in [1.29, 1.82) is 0 Å². The van der Waals surface area contributed by atoms with Gasteiger partial charge in [0.2, 0.25) is 0 Å². The van der Waals surface area contributed by atoms with E-state index in [9.17, 15) is 14.4 Å². The molecule has 0 unspecified atom stereocenters. The summed E-state index contributed by atoms with van der Waals surface area (Å²) >= 11 is 0. The summed E-state index contributed by atoms with van der Waals surface area (Å²) < 4.78 is 16.0. The van der Waals surface area contributed by atoms with Crippen LogP contribution in [0.2, 0.25) is 0 Å². The Hall–Kier alpha value is -2.61. The number of carbonyl (C=O) groups excluding carboxylic acids is 3. The van der Waals surface area contributed by atoms with Gasteiger partial charge in [-0.1, -0.05) is 0 Å². The molecule has 0 aromatic heterocycles. The lowest BCUT2D eigenvalue weighted by Gasteiger charge is -2.20. The SMILES string of the molecule is CC(C)(C)NC(=O)NC(=O)COC(=O)c1ccc(OC[C@H]2CCCO2)cc1. The molecule has 1 aliphatic rings. The number of hydrogen-bond donors (Lipinski definition) is 2. The van der Waals surface area contributed by atoms with Gasteiger partial charge in [-0.15, -0.1) is 0 Å². The highest BCUT2D eigenvalue weighted by Gasteiger charge is 2.18. The summed E-state index contributed by atoms with van der Waals surface area (Å²) in [6.07, 6.45) is 2.15. The Balaban J connectivity index is 1.73. The van der Waals surface area contributed by atoms with Gasteiger partial charge in [-0.25, -0.2) is 9.59 Å². The van der Waals surface area contributed by atoms with Crippen molar-refractivity contribution in [2.75, 3.05) is 19.8 Å². The fraction of sp³-hybridized carbons (Fsp3) is 0.526. The molecule has 2 N–H and O–H groups in total. The van der Waals surface area contributed by atoms with Gasteiger partial charge < -0.3 is 19.5 Å². The molecule has 0 bridgehead atoms. The molecule has 1 atom stereocenters. The average Bonchev–Trinajstić information content (AvgIpc) is 3.10. The van der Waals surface area contributed by atoms with Crippen molar-refractivity contribution in [2.45, 2.75) is 45.3 Å². The van der Waals surface area contributed by atoms with Crippen molar-refractivity contribution in [2.24, 2.45) is 0 Å². The van der Waals surface area contributed by atoms with Crippen LogP contribution in [0.1, 0.15) is 44.0 Å². The number of rotatable bonds is 6. The molecule has 1 aliphatic heterocycles. The maximum atomic E-state index is 12.0. The van der Waals surface area contributed by atoms with Crippen molar-refractivity contribution < 1.29 is 28.6 Å². The summed E-state index contributed by atoms with van der Waals surface area (Å²) in [6, 6.07) is 5.77. The van der Waals surface area contributed by atoms with Gasteiger partial charge in [-0.3, -0.25) is 10.1 Å². The third-order valence-corrected chi connectivity index (χ3v) is 3.63. The van der Waals surface area contributed by atoms with E-state index in [4.69, 9.17) is 14.2 Å². The van der Waals surface area contributed by atoms with E-state index in [1.807, 2.05) is 0 Å². The van der Waals surface area contributed by atoms with Crippen LogP contribution in [0.4, 0.5) is 4.79 Å². The van der Waals surface area contributed by atoms with Crippen LogP contribution in [-0.4, -0.2) is 49.4 Å². The molecule has 0 saturated carbocycles. The molecular weight excluding hydrogens is 352 g/mol. The first-order valence-electron chi connectivity index (χ1n) is 8.86. The van der Waals surface area contributed by atoms with Crippen LogP contribution in [0.5, 0.6) is 5.75 Å². The predicted molar refractivity (Wildman–Crippen MR) is 97.6 cm³/mol. The van der Waals surface area contributed by atoms with E-state index in [2.05, 4.69) is 10.6 Å². The average molecular weight is 378 g/mol. The van der Waals surface area contributed by atoms with Gasteiger partial charge in [-0.05, 0) is 57.9 Å². The largest absolute Gasteiger partial charge is 0.491 e. The van der Waals surface area contributed by atoms with Crippen LogP contribution in [0.3, 0.4) is 0 Å². The van der Waals surface area contributed by atoms with Crippen molar-refractivity contribution in [3.63, 3.8) is 0 Å². The molecule has 2 rings (SSSR count). The van der Waals surface area contributed by atoms with Gasteiger partial charge in [0.15, 0.2) is 6.61 Å². The van der Waals surface area contributed by atoms with E-state index in [0.717, 1.165) is 19.4 Å². The van der Waals surface area contributed by atoms with Gasteiger partial charge in [-0.2, -0.15) is 0 Å². The summed E-state index contributed by atoms with van der Waals surface area (Å²) in [5.41, 5.74) is -0.194. The summed E-state index contributed by atoms with van der Waals surface area (Å²) in [6.45, 7) is 6.04. The number of amides is 3. The van der Waals surface area contributed by atoms with Gasteiger partial charge in [0.05, 0.1) is 11.7 Å². The lowest BCUT2D eigenvalue weighted by molar-refractivity contribution is -0.123. The normalized spacial score (nSPS) is 16.5. The molecule has 1 heterocycles. The van der Waals surface area contributed by atoms with Crippen LogP contribution in [0.15, 0.2) is 24.3 Å². The first kappa shape index (κ1) is 20.7. The number of benzene rings is 1. The highest BCUT2D eigenvalue weighted by Crippen LogP contribution is 2.17. The number of hydrogen-bond acceptors (Lipinski definition) is 6. The monoisotopic (exact) mass is 378 g/mol. The molecule has 1 saturated heterocycles. The first-order valence-corrected chi connectivity index (χ1v) is 8.86. The Bertz CT molecular complexity index is 660. The van der Waals surface area contributed by atoms with Crippen molar-refractivity contribution >= 4 is 17.9 Å². The quantitative estimate of drug-likeness (QED) is 0.734. The molecule has 0 aliphatic carbocycles. The number of carbonyl (C=O) groups is 3. The molecule has 148 valence electrons. The van der Waals surface area contributed by atoms with E-state index in [1.54, 1.807) is 45.0 Å². The minimum Gasteiger partial charge on any atom is -0.491 e. The minimum atomic E-state index is -0.707. The Morgan fingerprint density at radius 1 is 1.19 bits per heavy atom. The Morgan fingerprint density at radius 2 is 1.89 bits per heavy atom. The van der Waals surface area contributed by atoms with Crippen molar-refractivity contribution in [3.05, 3.63) is 29.8 Å². The Morgan fingerprint density at radius 3 is 2.48 bits per heavy atom. The molecule has 1 fully saturated rings. The third kappa shape index (κ3) is 7.65. The zero-order valence-corrected chi connectivity index (χ0v) is 15.9. The zero-order chi connectivity index (χ0) is 19.9. The standard InChI is InChI=1S/C19H26N2O6/c1-19(2,3)21-18(24)20-16(22)12-27-17(23)13-6-8-14(9-7-13)26-11-15-5-4-10-25-15/h6-9,15H,4-5,10-12H2,1-3H3,(H2,20,21,22,24)/t15-/m1/s1. The van der Waals surface area contributed by atoms with Crippen LogP contribution >= 0.6 is 0 Å². The van der Waals surface area contributed by atoms with Crippen LogP contribution in [0, 0.1) is 0 Å². The fourth-order valence-corrected chi connectivity index (χ4v) is 2.40. The van der Waals surface area contributed by atoms with E-state index in [0.29, 0.717) is 12.4 Å². The summed E-state index contributed by atoms with van der Waals surface area (Å²) in [7, 11) is 0. The predicted octanol–water partition coefficient (Wildman–Crippen LogP) is 2.03. The zero-order valence-electron chi connectivity index (χ0n) is 15.9. The van der Waals surface area contributed by atoms with E-state index in [-0.39, 0.29) is 11.7 Å². The number of ether oxygens (including phenoxy) is 3. The van der Waals surface area contributed by atoms with Crippen molar-refractivity contribution in [3.8, 4) is 5.75 Å². The second kappa shape index (κ2) is 9.36. The number of esters is 1. The molecule has 27 heavy (non-hydrogen) atoms. The maximum absolute atomic E-state index is 12.0. The Kier molecular flexibility index (Phi) is 7.18. The number of urea groups is 1. The molecule has 1 aromatic carbocycles. The molecule has 8 nitrogen and oxygen atoms in total. The lowest BCUT2D eigenvalue weighted by atomic mass is 10.1. The highest BCUT2D eigenvalue weighted by molar-refractivity contribution is 5.97. The Labute approximate surface area is 158 Å². The van der Waals surface area contributed by atoms with Crippen LogP contribution < -0.4 is 15.4 Å². The van der Waals surface area contributed by atoms with E-state index < -0.39 is 30.1 Å². The fourth-order valence-electron chi connectivity index (χ4n) is 2.40. The topological polar surface area (TPSA) is 103 Å².